The number of benzene rings is 2. The minimum absolute atomic E-state index is 0.0336. The van der Waals surface area contributed by atoms with E-state index in [0.717, 1.165) is 22.4 Å². The number of nitrogens with one attached hydrogen (secondary N) is 1. The number of amides is 1. The molecule has 0 aromatic heterocycles. The second-order valence-corrected chi connectivity index (χ2v) is 6.86. The van der Waals surface area contributed by atoms with Gasteiger partial charge in [0.2, 0.25) is 0 Å². The molecule has 2 aromatic carbocycles. The van der Waals surface area contributed by atoms with Crippen LogP contribution in [0.2, 0.25) is 5.02 Å². The molecule has 3 nitrogen and oxygen atoms in total. The van der Waals surface area contributed by atoms with Crippen LogP contribution in [-0.4, -0.2) is 12.5 Å². The molecule has 0 aliphatic carbocycles. The summed E-state index contributed by atoms with van der Waals surface area (Å²) in [5, 5.41) is 3.61. The summed E-state index contributed by atoms with van der Waals surface area (Å²) >= 11 is 6.20. The maximum absolute atomic E-state index is 12.2. The third kappa shape index (κ3) is 4.51. The lowest BCUT2D eigenvalue weighted by molar-refractivity contribution is -0.118. The largest absolute Gasteiger partial charge is 0.483 e. The van der Waals surface area contributed by atoms with Crippen LogP contribution in [0.1, 0.15) is 42.0 Å². The fourth-order valence-electron chi connectivity index (χ4n) is 2.53. The van der Waals surface area contributed by atoms with Gasteiger partial charge in [0.25, 0.3) is 5.91 Å². The maximum Gasteiger partial charge on any atom is 0.262 e. The van der Waals surface area contributed by atoms with Crippen LogP contribution in [0.25, 0.3) is 0 Å². The number of aryl methyl sites for hydroxylation is 3. The normalized spacial score (nSPS) is 10.8. The SMILES string of the molecule is Cc1ccc(NC(=O)COc2cc(C)c(Cl)cc2C(C)C)c(C)c1. The molecule has 24 heavy (non-hydrogen) atoms. The average Bonchev–Trinajstić information content (AvgIpc) is 2.50. The van der Waals surface area contributed by atoms with Gasteiger partial charge in [0, 0.05) is 10.7 Å². The highest BCUT2D eigenvalue weighted by molar-refractivity contribution is 6.31. The van der Waals surface area contributed by atoms with Crippen LogP contribution >= 0.6 is 11.6 Å². The summed E-state index contributed by atoms with van der Waals surface area (Å²) in [5.74, 6) is 0.799. The fraction of sp³-hybridized carbons (Fsp3) is 0.350. The van der Waals surface area contributed by atoms with Crippen LogP contribution in [0, 0.1) is 20.8 Å². The zero-order valence-corrected chi connectivity index (χ0v) is 15.6. The zero-order valence-electron chi connectivity index (χ0n) is 14.9. The van der Waals surface area contributed by atoms with Crippen LogP contribution < -0.4 is 10.1 Å². The van der Waals surface area contributed by atoms with Gasteiger partial charge in [-0.25, -0.2) is 0 Å². The minimum Gasteiger partial charge on any atom is -0.483 e. The number of hydrogen-bond donors (Lipinski definition) is 1. The van der Waals surface area contributed by atoms with Gasteiger partial charge in [-0.2, -0.15) is 0 Å². The van der Waals surface area contributed by atoms with E-state index in [1.807, 2.05) is 51.1 Å². The summed E-state index contributed by atoms with van der Waals surface area (Å²) in [6.07, 6.45) is 0. The van der Waals surface area contributed by atoms with Crippen molar-refractivity contribution in [1.29, 1.82) is 0 Å². The van der Waals surface area contributed by atoms with Gasteiger partial charge in [-0.15, -0.1) is 0 Å². The molecule has 2 rings (SSSR count). The van der Waals surface area contributed by atoms with Crippen molar-refractivity contribution in [2.75, 3.05) is 11.9 Å². The Hall–Kier alpha value is -2.00. The van der Waals surface area contributed by atoms with Gasteiger partial charge in [0.1, 0.15) is 5.75 Å². The molecule has 0 saturated heterocycles. The number of anilines is 1. The highest BCUT2D eigenvalue weighted by atomic mass is 35.5. The number of hydrogen-bond acceptors (Lipinski definition) is 2. The number of carbonyl (C=O) groups is 1. The molecule has 1 amide bonds. The molecule has 0 bridgehead atoms. The molecule has 0 saturated carbocycles. The lowest BCUT2D eigenvalue weighted by Crippen LogP contribution is -2.21. The van der Waals surface area contributed by atoms with Crippen molar-refractivity contribution in [2.24, 2.45) is 0 Å². The van der Waals surface area contributed by atoms with E-state index in [4.69, 9.17) is 16.3 Å². The molecule has 0 aliphatic heterocycles. The summed E-state index contributed by atoms with van der Waals surface area (Å²) < 4.78 is 5.76. The maximum atomic E-state index is 12.2. The predicted octanol–water partition coefficient (Wildman–Crippen LogP) is 5.41. The fourth-order valence-corrected chi connectivity index (χ4v) is 2.70. The van der Waals surface area contributed by atoms with Crippen LogP contribution in [0.5, 0.6) is 5.75 Å². The lowest BCUT2D eigenvalue weighted by atomic mass is 10.0. The van der Waals surface area contributed by atoms with Crippen molar-refractivity contribution in [3.8, 4) is 5.75 Å². The van der Waals surface area contributed by atoms with E-state index in [1.54, 1.807) is 0 Å². The summed E-state index contributed by atoms with van der Waals surface area (Å²) in [6, 6.07) is 9.73. The first kappa shape index (κ1) is 18.3. The first-order valence-electron chi connectivity index (χ1n) is 8.08. The Kier molecular flexibility index (Phi) is 5.89. The van der Waals surface area contributed by atoms with Crippen LogP contribution in [0.3, 0.4) is 0 Å². The average molecular weight is 346 g/mol. The molecule has 0 radical (unpaired) electrons. The summed E-state index contributed by atoms with van der Waals surface area (Å²) in [7, 11) is 0. The third-order valence-electron chi connectivity index (χ3n) is 3.93. The topological polar surface area (TPSA) is 38.3 Å². The number of ether oxygens (including phenoxy) is 1. The first-order chi connectivity index (χ1) is 11.3. The van der Waals surface area contributed by atoms with E-state index in [-0.39, 0.29) is 18.4 Å². The molecule has 0 aliphatic rings. The predicted molar refractivity (Wildman–Crippen MR) is 100 cm³/mol. The van der Waals surface area contributed by atoms with Crippen molar-refractivity contribution in [3.05, 3.63) is 57.6 Å². The molecule has 0 heterocycles. The first-order valence-corrected chi connectivity index (χ1v) is 8.45. The molecule has 2 aromatic rings. The van der Waals surface area contributed by atoms with Crippen molar-refractivity contribution >= 4 is 23.2 Å². The summed E-state index contributed by atoms with van der Waals surface area (Å²) in [4.78, 5) is 12.2. The van der Waals surface area contributed by atoms with E-state index in [9.17, 15) is 4.79 Å². The number of carbonyl (C=O) groups excluding carboxylic acids is 1. The van der Waals surface area contributed by atoms with E-state index < -0.39 is 0 Å². The Morgan fingerprint density at radius 3 is 2.46 bits per heavy atom. The van der Waals surface area contributed by atoms with Gasteiger partial charge < -0.3 is 10.1 Å². The van der Waals surface area contributed by atoms with Gasteiger partial charge in [0.05, 0.1) is 0 Å². The van der Waals surface area contributed by atoms with Crippen molar-refractivity contribution in [1.82, 2.24) is 0 Å². The Labute approximate surface area is 149 Å². The minimum atomic E-state index is -0.177. The van der Waals surface area contributed by atoms with Crippen LogP contribution in [0.15, 0.2) is 30.3 Å². The van der Waals surface area contributed by atoms with Gasteiger partial charge in [0.15, 0.2) is 6.61 Å². The zero-order chi connectivity index (χ0) is 17.9. The Balaban J connectivity index is 2.07. The Morgan fingerprint density at radius 1 is 1.12 bits per heavy atom. The molecule has 4 heteroatoms. The smallest absolute Gasteiger partial charge is 0.262 e. The van der Waals surface area contributed by atoms with E-state index in [2.05, 4.69) is 19.2 Å². The quantitative estimate of drug-likeness (QED) is 0.787. The molecule has 128 valence electrons. The standard InChI is InChI=1S/C20H24ClNO2/c1-12(2)16-10-17(21)14(4)9-19(16)24-11-20(23)22-18-7-6-13(3)8-15(18)5/h6-10,12H,11H2,1-5H3,(H,22,23). The molecule has 1 N–H and O–H groups in total. The van der Waals surface area contributed by atoms with Crippen molar-refractivity contribution < 1.29 is 9.53 Å². The van der Waals surface area contributed by atoms with Crippen molar-refractivity contribution in [2.45, 2.75) is 40.5 Å². The number of rotatable bonds is 5. The molecule has 0 spiro atoms. The molecular weight excluding hydrogens is 322 g/mol. The molecular formula is C20H24ClNO2. The van der Waals surface area contributed by atoms with Crippen molar-refractivity contribution in [3.63, 3.8) is 0 Å². The van der Waals surface area contributed by atoms with Gasteiger partial charge in [-0.3, -0.25) is 4.79 Å². The second-order valence-electron chi connectivity index (χ2n) is 6.45. The van der Waals surface area contributed by atoms with E-state index in [1.165, 1.54) is 5.56 Å². The summed E-state index contributed by atoms with van der Waals surface area (Å²) in [6.45, 7) is 10.0. The number of halogens is 1. The van der Waals surface area contributed by atoms with Crippen LogP contribution in [0.4, 0.5) is 5.69 Å². The molecule has 0 unspecified atom stereocenters. The lowest BCUT2D eigenvalue weighted by Gasteiger charge is -2.16. The monoisotopic (exact) mass is 345 g/mol. The van der Waals surface area contributed by atoms with Crippen LogP contribution in [-0.2, 0) is 4.79 Å². The second kappa shape index (κ2) is 7.71. The van der Waals surface area contributed by atoms with E-state index in [0.29, 0.717) is 10.8 Å². The molecule has 0 fully saturated rings. The summed E-state index contributed by atoms with van der Waals surface area (Å²) in [5.41, 5.74) is 4.95. The van der Waals surface area contributed by atoms with Gasteiger partial charge in [-0.1, -0.05) is 43.1 Å². The highest BCUT2D eigenvalue weighted by Crippen LogP contribution is 2.32. The Bertz CT molecular complexity index is 754. The Morgan fingerprint density at radius 2 is 1.83 bits per heavy atom. The highest BCUT2D eigenvalue weighted by Gasteiger charge is 2.13. The van der Waals surface area contributed by atoms with Gasteiger partial charge >= 0.3 is 0 Å². The van der Waals surface area contributed by atoms with E-state index >= 15 is 0 Å². The molecule has 0 atom stereocenters. The van der Waals surface area contributed by atoms with Gasteiger partial charge in [-0.05, 0) is 61.6 Å². The third-order valence-corrected chi connectivity index (χ3v) is 4.34.